The van der Waals surface area contributed by atoms with Gasteiger partial charge in [0, 0.05) is 26.2 Å². The Bertz CT molecular complexity index is 958. The maximum atomic E-state index is 5.63. The first-order valence-corrected chi connectivity index (χ1v) is 9.98. The molecule has 5 nitrogen and oxygen atoms in total. The fourth-order valence-electron chi connectivity index (χ4n) is 4.19. The second kappa shape index (κ2) is 8.72. The van der Waals surface area contributed by atoms with Crippen LogP contribution >= 0.6 is 0 Å². The maximum Gasteiger partial charge on any atom is 0.203 e. The number of rotatable bonds is 6. The van der Waals surface area contributed by atoms with Gasteiger partial charge in [0.15, 0.2) is 11.5 Å². The SMILES string of the molecule is COc1cc(C(c2ccc3ccccc3c2)N2CCNCC2)cc(OC)c1OC. The molecule has 0 aliphatic carbocycles. The van der Waals surface area contributed by atoms with Gasteiger partial charge in [-0.15, -0.1) is 0 Å². The van der Waals surface area contributed by atoms with Gasteiger partial charge in [0.2, 0.25) is 5.75 Å². The number of nitrogens with one attached hydrogen (secondary N) is 1. The molecule has 1 N–H and O–H groups in total. The minimum Gasteiger partial charge on any atom is -0.493 e. The van der Waals surface area contributed by atoms with E-state index in [0.717, 1.165) is 31.7 Å². The Balaban J connectivity index is 1.86. The number of benzene rings is 3. The summed E-state index contributed by atoms with van der Waals surface area (Å²) in [6, 6.07) is 19.5. The third-order valence-corrected chi connectivity index (χ3v) is 5.61. The highest BCUT2D eigenvalue weighted by atomic mass is 16.5. The van der Waals surface area contributed by atoms with Gasteiger partial charge in [0.1, 0.15) is 0 Å². The van der Waals surface area contributed by atoms with E-state index in [1.807, 2.05) is 0 Å². The van der Waals surface area contributed by atoms with Crippen LogP contribution in [0.25, 0.3) is 10.8 Å². The van der Waals surface area contributed by atoms with Crippen LogP contribution in [0.1, 0.15) is 17.2 Å². The molecule has 1 aliphatic rings. The lowest BCUT2D eigenvalue weighted by molar-refractivity contribution is 0.197. The average molecular weight is 392 g/mol. The van der Waals surface area contributed by atoms with Gasteiger partial charge in [-0.05, 0) is 40.1 Å². The highest BCUT2D eigenvalue weighted by Gasteiger charge is 2.27. The molecule has 3 aromatic rings. The van der Waals surface area contributed by atoms with Crippen LogP contribution in [0.4, 0.5) is 0 Å². The van der Waals surface area contributed by atoms with Crippen molar-refractivity contribution in [2.45, 2.75) is 6.04 Å². The summed E-state index contributed by atoms with van der Waals surface area (Å²) in [6.07, 6.45) is 0. The zero-order valence-corrected chi connectivity index (χ0v) is 17.3. The highest BCUT2D eigenvalue weighted by Crippen LogP contribution is 2.42. The summed E-state index contributed by atoms with van der Waals surface area (Å²) in [6.45, 7) is 3.92. The summed E-state index contributed by atoms with van der Waals surface area (Å²) >= 11 is 0. The minimum absolute atomic E-state index is 0.107. The molecule has 152 valence electrons. The lowest BCUT2D eigenvalue weighted by atomic mass is 9.93. The first-order chi connectivity index (χ1) is 14.2. The molecule has 1 aliphatic heterocycles. The Morgan fingerprint density at radius 1 is 0.759 bits per heavy atom. The summed E-state index contributed by atoms with van der Waals surface area (Å²) in [7, 11) is 4.96. The molecule has 1 saturated heterocycles. The van der Waals surface area contributed by atoms with Crippen LogP contribution in [0.5, 0.6) is 17.2 Å². The summed E-state index contributed by atoms with van der Waals surface area (Å²) in [4.78, 5) is 2.52. The third-order valence-electron chi connectivity index (χ3n) is 5.61. The van der Waals surface area contributed by atoms with Crippen LogP contribution in [0.15, 0.2) is 54.6 Å². The first-order valence-electron chi connectivity index (χ1n) is 9.98. The van der Waals surface area contributed by atoms with E-state index >= 15 is 0 Å². The van der Waals surface area contributed by atoms with E-state index in [-0.39, 0.29) is 6.04 Å². The fraction of sp³-hybridized carbons (Fsp3) is 0.333. The zero-order valence-electron chi connectivity index (χ0n) is 17.3. The molecule has 0 spiro atoms. The van der Waals surface area contributed by atoms with Gasteiger partial charge in [0.05, 0.1) is 27.4 Å². The molecule has 5 heteroatoms. The highest BCUT2D eigenvalue weighted by molar-refractivity contribution is 5.83. The Labute approximate surface area is 172 Å². The van der Waals surface area contributed by atoms with E-state index in [1.54, 1.807) is 21.3 Å². The standard InChI is InChI=1S/C24H28N2O3/c1-27-21-15-20(16-22(28-2)24(21)29-3)23(26-12-10-25-11-13-26)19-9-8-17-6-4-5-7-18(17)14-19/h4-9,14-16,23,25H,10-13H2,1-3H3. The lowest BCUT2D eigenvalue weighted by Crippen LogP contribution is -2.45. The molecule has 3 aromatic carbocycles. The monoisotopic (exact) mass is 392 g/mol. The molecule has 29 heavy (non-hydrogen) atoms. The molecular formula is C24H28N2O3. The molecule has 0 saturated carbocycles. The van der Waals surface area contributed by atoms with Gasteiger partial charge in [-0.3, -0.25) is 4.90 Å². The largest absolute Gasteiger partial charge is 0.493 e. The average Bonchev–Trinajstić information content (AvgIpc) is 2.79. The summed E-state index contributed by atoms with van der Waals surface area (Å²) in [5.74, 6) is 1.99. The van der Waals surface area contributed by atoms with Crippen LogP contribution in [-0.2, 0) is 0 Å². The lowest BCUT2D eigenvalue weighted by Gasteiger charge is -2.36. The summed E-state index contributed by atoms with van der Waals surface area (Å²) < 4.78 is 16.8. The zero-order chi connectivity index (χ0) is 20.2. The van der Waals surface area contributed by atoms with Gasteiger partial charge in [-0.1, -0.05) is 36.4 Å². The van der Waals surface area contributed by atoms with Crippen LogP contribution in [0.2, 0.25) is 0 Å². The predicted molar refractivity (Wildman–Crippen MR) is 116 cm³/mol. The van der Waals surface area contributed by atoms with Gasteiger partial charge >= 0.3 is 0 Å². The van der Waals surface area contributed by atoms with Crippen molar-refractivity contribution in [2.75, 3.05) is 47.5 Å². The Hall–Kier alpha value is -2.76. The summed E-state index contributed by atoms with van der Waals surface area (Å²) in [5.41, 5.74) is 2.40. The van der Waals surface area contributed by atoms with Gasteiger partial charge in [0.25, 0.3) is 0 Å². The number of piperazine rings is 1. The molecule has 1 atom stereocenters. The van der Waals surface area contributed by atoms with Crippen molar-refractivity contribution in [1.29, 1.82) is 0 Å². The smallest absolute Gasteiger partial charge is 0.203 e. The van der Waals surface area contributed by atoms with Gasteiger partial charge in [-0.25, -0.2) is 0 Å². The van der Waals surface area contributed by atoms with Crippen molar-refractivity contribution in [3.8, 4) is 17.2 Å². The number of fused-ring (bicyclic) bond motifs is 1. The normalized spacial score (nSPS) is 15.8. The van der Waals surface area contributed by atoms with Gasteiger partial charge < -0.3 is 19.5 Å². The number of nitrogens with zero attached hydrogens (tertiary/aromatic N) is 1. The van der Waals surface area contributed by atoms with E-state index in [9.17, 15) is 0 Å². The van der Waals surface area contributed by atoms with E-state index in [0.29, 0.717) is 17.2 Å². The van der Waals surface area contributed by atoms with Crippen LogP contribution < -0.4 is 19.5 Å². The van der Waals surface area contributed by atoms with E-state index in [4.69, 9.17) is 14.2 Å². The molecule has 1 fully saturated rings. The third kappa shape index (κ3) is 3.88. The molecule has 0 aromatic heterocycles. The Morgan fingerprint density at radius 2 is 1.41 bits per heavy atom. The van der Waals surface area contributed by atoms with Crippen LogP contribution in [0.3, 0.4) is 0 Å². The van der Waals surface area contributed by atoms with Crippen molar-refractivity contribution >= 4 is 10.8 Å². The van der Waals surface area contributed by atoms with Crippen molar-refractivity contribution in [2.24, 2.45) is 0 Å². The predicted octanol–water partition coefficient (Wildman–Crippen LogP) is 3.86. The molecule has 0 amide bonds. The molecule has 0 radical (unpaired) electrons. The van der Waals surface area contributed by atoms with Gasteiger partial charge in [-0.2, -0.15) is 0 Å². The number of hydrogen-bond acceptors (Lipinski definition) is 5. The maximum absolute atomic E-state index is 5.63. The molecular weight excluding hydrogens is 364 g/mol. The van der Waals surface area contributed by atoms with Crippen molar-refractivity contribution < 1.29 is 14.2 Å². The number of ether oxygens (including phenoxy) is 3. The topological polar surface area (TPSA) is 43.0 Å². The van der Waals surface area contributed by atoms with Crippen molar-refractivity contribution in [3.05, 3.63) is 65.7 Å². The van der Waals surface area contributed by atoms with E-state index < -0.39 is 0 Å². The Kier molecular flexibility index (Phi) is 5.88. The quantitative estimate of drug-likeness (QED) is 0.690. The van der Waals surface area contributed by atoms with Crippen LogP contribution in [-0.4, -0.2) is 52.4 Å². The second-order valence-corrected chi connectivity index (χ2v) is 7.25. The van der Waals surface area contributed by atoms with Crippen molar-refractivity contribution in [3.63, 3.8) is 0 Å². The minimum atomic E-state index is 0.107. The second-order valence-electron chi connectivity index (χ2n) is 7.25. The molecule has 4 rings (SSSR count). The molecule has 0 bridgehead atoms. The first kappa shape index (κ1) is 19.6. The van der Waals surface area contributed by atoms with Crippen LogP contribution in [0, 0.1) is 0 Å². The Morgan fingerprint density at radius 3 is 2.03 bits per heavy atom. The number of methoxy groups -OCH3 is 3. The number of hydrogen-bond donors (Lipinski definition) is 1. The molecule has 1 heterocycles. The van der Waals surface area contributed by atoms with E-state index in [2.05, 4.69) is 64.8 Å². The van der Waals surface area contributed by atoms with E-state index in [1.165, 1.54) is 16.3 Å². The van der Waals surface area contributed by atoms with Crippen molar-refractivity contribution in [1.82, 2.24) is 10.2 Å². The summed E-state index contributed by atoms with van der Waals surface area (Å²) in [5, 5.41) is 5.95. The molecule has 1 unspecified atom stereocenters. The fourth-order valence-corrected chi connectivity index (χ4v) is 4.19.